The van der Waals surface area contributed by atoms with E-state index in [9.17, 15) is 0 Å². The zero-order valence-corrected chi connectivity index (χ0v) is 16.5. The van der Waals surface area contributed by atoms with E-state index in [1.54, 1.807) is 11.8 Å². The number of rotatable bonds is 4. The number of hydrogen-bond donors (Lipinski definition) is 0. The Hall–Kier alpha value is -2.04. The molecule has 1 aliphatic rings. The Labute approximate surface area is 159 Å². The van der Waals surface area contributed by atoms with Crippen LogP contribution in [-0.2, 0) is 13.1 Å². The van der Waals surface area contributed by atoms with Gasteiger partial charge in [0, 0.05) is 30.6 Å². The van der Waals surface area contributed by atoms with E-state index >= 15 is 0 Å². The molecule has 4 rings (SSSR count). The molecule has 0 saturated heterocycles. The summed E-state index contributed by atoms with van der Waals surface area (Å²) >= 11 is 1.76. The fourth-order valence-electron chi connectivity index (χ4n) is 3.51. The van der Waals surface area contributed by atoms with Crippen molar-refractivity contribution < 1.29 is 0 Å². The maximum atomic E-state index is 4.95. The summed E-state index contributed by atoms with van der Waals surface area (Å²) in [7, 11) is 0. The van der Waals surface area contributed by atoms with Crippen LogP contribution in [0.25, 0.3) is 11.0 Å². The van der Waals surface area contributed by atoms with Gasteiger partial charge in [-0.05, 0) is 44.5 Å². The Bertz CT molecular complexity index is 939. The first-order valence-corrected chi connectivity index (χ1v) is 10.0. The smallest absolute Gasteiger partial charge is 0.173 e. The van der Waals surface area contributed by atoms with Crippen molar-refractivity contribution in [1.29, 1.82) is 0 Å². The maximum absolute atomic E-state index is 4.95. The molecule has 2 heterocycles. The van der Waals surface area contributed by atoms with Crippen LogP contribution in [0.2, 0.25) is 0 Å². The molecule has 0 aliphatic carbocycles. The second-order valence-corrected chi connectivity index (χ2v) is 8.31. The Morgan fingerprint density at radius 1 is 1.15 bits per heavy atom. The molecule has 1 aromatic heterocycles. The highest BCUT2D eigenvalue weighted by molar-refractivity contribution is 7.99. The zero-order chi connectivity index (χ0) is 18.1. The maximum Gasteiger partial charge on any atom is 0.173 e. The molecule has 134 valence electrons. The molecule has 26 heavy (non-hydrogen) atoms. The first-order chi connectivity index (χ1) is 12.6. The van der Waals surface area contributed by atoms with Gasteiger partial charge in [-0.3, -0.25) is 4.90 Å². The van der Waals surface area contributed by atoms with Gasteiger partial charge in [-0.1, -0.05) is 53.7 Å². The van der Waals surface area contributed by atoms with Crippen molar-refractivity contribution in [3.8, 4) is 0 Å². The fourth-order valence-corrected chi connectivity index (χ4v) is 4.43. The average molecular weight is 364 g/mol. The van der Waals surface area contributed by atoms with Gasteiger partial charge in [0.05, 0.1) is 11.0 Å². The number of hydrogen-bond acceptors (Lipinski definition) is 3. The summed E-state index contributed by atoms with van der Waals surface area (Å²) < 4.78 is 2.43. The van der Waals surface area contributed by atoms with E-state index in [0.717, 1.165) is 30.3 Å². The number of aromatic nitrogens is 2. The second-order valence-electron chi connectivity index (χ2n) is 7.26. The summed E-state index contributed by atoms with van der Waals surface area (Å²) in [4.78, 5) is 8.75. The monoisotopic (exact) mass is 363 g/mol. The number of para-hydroxylation sites is 1. The van der Waals surface area contributed by atoms with Crippen molar-refractivity contribution in [1.82, 2.24) is 14.5 Å². The molecule has 2 aromatic carbocycles. The highest BCUT2D eigenvalue weighted by atomic mass is 32.2. The quantitative estimate of drug-likeness (QED) is 0.582. The Kier molecular flexibility index (Phi) is 4.88. The molecule has 1 unspecified atom stereocenters. The van der Waals surface area contributed by atoms with Crippen LogP contribution in [0, 0.1) is 0 Å². The van der Waals surface area contributed by atoms with Gasteiger partial charge in [0.15, 0.2) is 5.16 Å². The first-order valence-electron chi connectivity index (χ1n) is 9.20. The van der Waals surface area contributed by atoms with Crippen LogP contribution in [0.15, 0.2) is 70.2 Å². The van der Waals surface area contributed by atoms with Gasteiger partial charge in [0.1, 0.15) is 0 Å². The van der Waals surface area contributed by atoms with Crippen LogP contribution in [-0.4, -0.2) is 27.0 Å². The Morgan fingerprint density at radius 3 is 2.73 bits per heavy atom. The summed E-state index contributed by atoms with van der Waals surface area (Å²) in [5.41, 5.74) is 5.16. The predicted molar refractivity (Wildman–Crippen MR) is 110 cm³/mol. The van der Waals surface area contributed by atoms with Crippen LogP contribution in [0.4, 0.5) is 0 Å². The van der Waals surface area contributed by atoms with Crippen LogP contribution >= 0.6 is 11.8 Å². The van der Waals surface area contributed by atoms with E-state index in [2.05, 4.69) is 84.8 Å². The minimum atomic E-state index is 0.463. The normalized spacial score (nSPS) is 17.3. The summed E-state index contributed by atoms with van der Waals surface area (Å²) in [6.07, 6.45) is 2.33. The molecule has 0 radical (unpaired) electrons. The zero-order valence-electron chi connectivity index (χ0n) is 15.6. The average Bonchev–Trinajstić information content (AvgIpc) is 2.88. The minimum absolute atomic E-state index is 0.463. The molecule has 3 nitrogen and oxygen atoms in total. The molecule has 0 fully saturated rings. The molecule has 3 aromatic rings. The van der Waals surface area contributed by atoms with Crippen LogP contribution in [0.5, 0.6) is 0 Å². The van der Waals surface area contributed by atoms with Crippen molar-refractivity contribution in [3.63, 3.8) is 0 Å². The fraction of sp³-hybridized carbons (Fsp3) is 0.318. The second kappa shape index (κ2) is 7.29. The van der Waals surface area contributed by atoms with Gasteiger partial charge in [-0.25, -0.2) is 4.98 Å². The van der Waals surface area contributed by atoms with E-state index in [4.69, 9.17) is 4.98 Å². The first kappa shape index (κ1) is 17.4. The molecule has 0 N–H and O–H groups in total. The molecular weight excluding hydrogens is 338 g/mol. The number of allylic oxidation sites excluding steroid dienone is 1. The van der Waals surface area contributed by atoms with Crippen molar-refractivity contribution in [3.05, 3.63) is 65.7 Å². The number of imidazole rings is 1. The van der Waals surface area contributed by atoms with Crippen molar-refractivity contribution in [2.75, 3.05) is 6.54 Å². The summed E-state index contributed by atoms with van der Waals surface area (Å²) in [5, 5.41) is 1.09. The van der Waals surface area contributed by atoms with Crippen molar-refractivity contribution in [2.45, 2.75) is 50.0 Å². The van der Waals surface area contributed by atoms with Crippen LogP contribution in [0.3, 0.4) is 0 Å². The largest absolute Gasteiger partial charge is 0.317 e. The third-order valence-corrected chi connectivity index (χ3v) is 5.95. The lowest BCUT2D eigenvalue weighted by molar-refractivity contribution is 0.208. The minimum Gasteiger partial charge on any atom is -0.317 e. The van der Waals surface area contributed by atoms with Gasteiger partial charge in [-0.15, -0.1) is 0 Å². The lowest BCUT2D eigenvalue weighted by Crippen LogP contribution is -2.34. The van der Waals surface area contributed by atoms with E-state index < -0.39 is 0 Å². The lowest BCUT2D eigenvalue weighted by Gasteiger charge is -2.26. The number of benzene rings is 2. The van der Waals surface area contributed by atoms with E-state index in [-0.39, 0.29) is 0 Å². The summed E-state index contributed by atoms with van der Waals surface area (Å²) in [6.45, 7) is 9.62. The summed E-state index contributed by atoms with van der Waals surface area (Å²) in [5.74, 6) is 0. The number of nitrogens with zero attached hydrogens (tertiary/aromatic N) is 3. The third kappa shape index (κ3) is 3.44. The van der Waals surface area contributed by atoms with Crippen molar-refractivity contribution in [2.24, 2.45) is 0 Å². The topological polar surface area (TPSA) is 21.1 Å². The Morgan fingerprint density at radius 2 is 1.96 bits per heavy atom. The molecule has 1 aliphatic heterocycles. The highest BCUT2D eigenvalue weighted by Crippen LogP contribution is 2.34. The molecule has 0 spiro atoms. The van der Waals surface area contributed by atoms with Gasteiger partial charge in [-0.2, -0.15) is 0 Å². The summed E-state index contributed by atoms with van der Waals surface area (Å²) in [6, 6.07) is 17.5. The Balaban J connectivity index is 1.74. The molecule has 1 atom stereocenters. The predicted octanol–water partition coefficient (Wildman–Crippen LogP) is 5.36. The van der Waals surface area contributed by atoms with Crippen LogP contribution in [0.1, 0.15) is 26.3 Å². The molecule has 0 amide bonds. The van der Waals surface area contributed by atoms with Crippen molar-refractivity contribution >= 4 is 22.8 Å². The van der Waals surface area contributed by atoms with Gasteiger partial charge >= 0.3 is 0 Å². The standard InChI is InChI=1S/C22H25N3S/c1-16(2)12-13-24-15-18-8-7-11-20-21(18)25(14-17(24)3)22(23-20)26-19-9-5-4-6-10-19/h4-12,17H,13-15H2,1-3H3. The van der Waals surface area contributed by atoms with Crippen LogP contribution < -0.4 is 0 Å². The van der Waals surface area contributed by atoms with E-state index in [1.165, 1.54) is 21.5 Å². The van der Waals surface area contributed by atoms with E-state index in [1.807, 2.05) is 0 Å². The SMILES string of the molecule is CC(C)=CCN1Cc2cccc3nc(Sc4ccccc4)n(c23)CC1C. The van der Waals surface area contributed by atoms with E-state index in [0.29, 0.717) is 6.04 Å². The highest BCUT2D eigenvalue weighted by Gasteiger charge is 2.24. The molecule has 4 heteroatoms. The third-order valence-electron chi connectivity index (χ3n) is 4.95. The molecule has 0 bridgehead atoms. The molecule has 0 saturated carbocycles. The molecular formula is C22H25N3S. The van der Waals surface area contributed by atoms with Gasteiger partial charge in [0.25, 0.3) is 0 Å². The van der Waals surface area contributed by atoms with Gasteiger partial charge < -0.3 is 4.57 Å². The lowest BCUT2D eigenvalue weighted by atomic mass is 10.1. The van der Waals surface area contributed by atoms with Gasteiger partial charge in [0.2, 0.25) is 0 Å².